The van der Waals surface area contributed by atoms with Crippen molar-refractivity contribution in [3.05, 3.63) is 65.7 Å². The smallest absolute Gasteiger partial charge is 0.234 e. The summed E-state index contributed by atoms with van der Waals surface area (Å²) in [7, 11) is 1.82. The number of para-hydroxylation sites is 1. The second-order valence-electron chi connectivity index (χ2n) is 6.29. The van der Waals surface area contributed by atoms with Crippen LogP contribution in [-0.4, -0.2) is 26.4 Å². The molecule has 1 aromatic heterocycles. The van der Waals surface area contributed by atoms with E-state index < -0.39 is 5.82 Å². The Morgan fingerprint density at radius 1 is 1.21 bits per heavy atom. The Balaban J connectivity index is 1.58. The summed E-state index contributed by atoms with van der Waals surface area (Å²) < 4.78 is 21.3. The van der Waals surface area contributed by atoms with Crippen molar-refractivity contribution in [3.63, 3.8) is 0 Å². The summed E-state index contributed by atoms with van der Waals surface area (Å²) in [4.78, 5) is 12.1. The molecule has 28 heavy (non-hydrogen) atoms. The molecule has 1 atom stereocenters. The summed E-state index contributed by atoms with van der Waals surface area (Å²) in [5, 5.41) is 11.4. The van der Waals surface area contributed by atoms with Gasteiger partial charge in [-0.05, 0) is 38.1 Å². The molecule has 0 saturated carbocycles. The summed E-state index contributed by atoms with van der Waals surface area (Å²) in [6, 6.07) is 13.8. The lowest BCUT2D eigenvalue weighted by Gasteiger charge is -2.14. The van der Waals surface area contributed by atoms with Crippen LogP contribution >= 0.6 is 11.8 Å². The van der Waals surface area contributed by atoms with E-state index in [1.54, 1.807) is 16.7 Å². The number of nitrogens with zero attached hydrogens (tertiary/aromatic N) is 3. The van der Waals surface area contributed by atoms with Gasteiger partial charge < -0.3 is 14.6 Å². The van der Waals surface area contributed by atoms with Crippen molar-refractivity contribution in [2.75, 3.05) is 11.1 Å². The number of thioether (sulfide) groups is 1. The highest BCUT2D eigenvalue weighted by molar-refractivity contribution is 7.99. The van der Waals surface area contributed by atoms with E-state index in [0.29, 0.717) is 11.0 Å². The molecule has 3 aromatic rings. The lowest BCUT2D eigenvalue weighted by Crippen LogP contribution is -2.15. The number of benzene rings is 2. The van der Waals surface area contributed by atoms with Gasteiger partial charge in [-0.3, -0.25) is 4.79 Å². The van der Waals surface area contributed by atoms with Crippen LogP contribution in [0.15, 0.2) is 53.7 Å². The molecule has 6 nitrogen and oxygen atoms in total. The van der Waals surface area contributed by atoms with Crippen LogP contribution in [0.4, 0.5) is 10.1 Å². The predicted octanol–water partition coefficient (Wildman–Crippen LogP) is 4.13. The minimum atomic E-state index is -0.469. The van der Waals surface area contributed by atoms with Gasteiger partial charge in [0.15, 0.2) is 17.1 Å². The number of halogens is 1. The van der Waals surface area contributed by atoms with Crippen molar-refractivity contribution in [2.24, 2.45) is 7.05 Å². The van der Waals surface area contributed by atoms with Gasteiger partial charge >= 0.3 is 0 Å². The van der Waals surface area contributed by atoms with Crippen molar-refractivity contribution in [3.8, 4) is 5.75 Å². The van der Waals surface area contributed by atoms with Gasteiger partial charge in [0.05, 0.1) is 11.4 Å². The van der Waals surface area contributed by atoms with Crippen LogP contribution < -0.4 is 10.1 Å². The maximum atomic E-state index is 13.6. The van der Waals surface area contributed by atoms with Gasteiger partial charge in [0.2, 0.25) is 5.91 Å². The molecule has 0 spiro atoms. The summed E-state index contributed by atoms with van der Waals surface area (Å²) in [6.07, 6.45) is -0.304. The highest BCUT2D eigenvalue weighted by Crippen LogP contribution is 2.24. The van der Waals surface area contributed by atoms with Crippen LogP contribution in [0, 0.1) is 12.7 Å². The Morgan fingerprint density at radius 2 is 1.93 bits per heavy atom. The maximum absolute atomic E-state index is 13.6. The zero-order chi connectivity index (χ0) is 20.1. The molecule has 1 heterocycles. The molecule has 0 aliphatic heterocycles. The predicted molar refractivity (Wildman–Crippen MR) is 107 cm³/mol. The van der Waals surface area contributed by atoms with Gasteiger partial charge in [0, 0.05) is 7.05 Å². The number of rotatable bonds is 7. The fourth-order valence-corrected chi connectivity index (χ4v) is 3.28. The quantitative estimate of drug-likeness (QED) is 0.604. The number of carbonyl (C=O) groups excluding carboxylic acids is 1. The van der Waals surface area contributed by atoms with Crippen LogP contribution in [-0.2, 0) is 11.8 Å². The normalized spacial score (nSPS) is 11.9. The van der Waals surface area contributed by atoms with Crippen LogP contribution in [0.3, 0.4) is 0 Å². The second kappa shape index (κ2) is 8.88. The second-order valence-corrected chi connectivity index (χ2v) is 7.23. The standard InChI is InChI=1S/C20H21FN4O2S/c1-13-8-10-15(11-9-13)27-14(2)19-23-24-20(25(19)3)28-12-18(26)22-17-7-5-4-6-16(17)21/h4-11,14H,12H2,1-3H3,(H,22,26). The number of nitrogens with one attached hydrogen (secondary N) is 1. The minimum Gasteiger partial charge on any atom is -0.483 e. The number of amides is 1. The van der Waals surface area contributed by atoms with Gasteiger partial charge in [-0.25, -0.2) is 4.39 Å². The SMILES string of the molecule is Cc1ccc(OC(C)c2nnc(SCC(=O)Nc3ccccc3F)n2C)cc1. The van der Waals surface area contributed by atoms with Crippen LogP contribution in [0.2, 0.25) is 0 Å². The first-order chi connectivity index (χ1) is 13.4. The molecular formula is C20H21FN4O2S. The lowest BCUT2D eigenvalue weighted by molar-refractivity contribution is -0.113. The average molecular weight is 400 g/mol. The van der Waals surface area contributed by atoms with Crippen LogP contribution in [0.25, 0.3) is 0 Å². The largest absolute Gasteiger partial charge is 0.483 e. The summed E-state index contributed by atoms with van der Waals surface area (Å²) in [5.41, 5.74) is 1.32. The molecule has 1 amide bonds. The van der Waals surface area contributed by atoms with E-state index in [0.717, 1.165) is 11.3 Å². The Labute approximate surface area is 167 Å². The fraction of sp³-hybridized carbons (Fsp3) is 0.250. The van der Waals surface area contributed by atoms with Crippen molar-refractivity contribution in [1.82, 2.24) is 14.8 Å². The van der Waals surface area contributed by atoms with E-state index >= 15 is 0 Å². The first-order valence-electron chi connectivity index (χ1n) is 8.74. The zero-order valence-corrected chi connectivity index (χ0v) is 16.7. The molecule has 2 aromatic carbocycles. The van der Waals surface area contributed by atoms with Crippen molar-refractivity contribution < 1.29 is 13.9 Å². The van der Waals surface area contributed by atoms with Crippen LogP contribution in [0.1, 0.15) is 24.4 Å². The minimum absolute atomic E-state index is 0.0908. The topological polar surface area (TPSA) is 69.0 Å². The first kappa shape index (κ1) is 19.9. The molecule has 8 heteroatoms. The van der Waals surface area contributed by atoms with Gasteiger partial charge in [-0.2, -0.15) is 0 Å². The van der Waals surface area contributed by atoms with Crippen LogP contribution in [0.5, 0.6) is 5.75 Å². The maximum Gasteiger partial charge on any atom is 0.234 e. The third-order valence-electron chi connectivity index (χ3n) is 4.05. The Hall–Kier alpha value is -2.87. The monoisotopic (exact) mass is 400 g/mol. The molecule has 0 fully saturated rings. The molecule has 0 radical (unpaired) electrons. The molecule has 0 aliphatic rings. The van der Waals surface area contributed by atoms with E-state index in [9.17, 15) is 9.18 Å². The van der Waals surface area contributed by atoms with Crippen molar-refractivity contribution in [1.29, 1.82) is 0 Å². The Kier molecular flexibility index (Phi) is 6.30. The number of hydrogen-bond donors (Lipinski definition) is 1. The third-order valence-corrected chi connectivity index (χ3v) is 5.07. The van der Waals surface area contributed by atoms with Crippen molar-refractivity contribution >= 4 is 23.4 Å². The van der Waals surface area contributed by atoms with E-state index in [1.165, 1.54) is 23.9 Å². The number of ether oxygens (including phenoxy) is 1. The molecule has 0 bridgehead atoms. The van der Waals surface area contributed by atoms with E-state index in [2.05, 4.69) is 15.5 Å². The number of aromatic nitrogens is 3. The Bertz CT molecular complexity index is 959. The van der Waals surface area contributed by atoms with Gasteiger partial charge in [-0.1, -0.05) is 41.6 Å². The number of carbonyl (C=O) groups is 1. The number of anilines is 1. The van der Waals surface area contributed by atoms with Gasteiger partial charge in [-0.15, -0.1) is 10.2 Å². The third kappa shape index (κ3) is 4.89. The molecule has 3 rings (SSSR count). The number of hydrogen-bond acceptors (Lipinski definition) is 5. The molecule has 0 aliphatic carbocycles. The zero-order valence-electron chi connectivity index (χ0n) is 15.8. The van der Waals surface area contributed by atoms with Crippen molar-refractivity contribution in [2.45, 2.75) is 25.1 Å². The summed E-state index contributed by atoms with van der Waals surface area (Å²) in [6.45, 7) is 3.91. The van der Waals surface area contributed by atoms with E-state index in [1.807, 2.05) is 45.2 Å². The molecule has 1 unspecified atom stereocenters. The molecule has 0 saturated heterocycles. The molecular weight excluding hydrogens is 379 g/mol. The van der Waals surface area contributed by atoms with Gasteiger partial charge in [0.1, 0.15) is 11.6 Å². The highest BCUT2D eigenvalue weighted by Gasteiger charge is 2.18. The number of aryl methyl sites for hydroxylation is 1. The van der Waals surface area contributed by atoms with Gasteiger partial charge in [0.25, 0.3) is 0 Å². The summed E-state index contributed by atoms with van der Waals surface area (Å²) in [5.74, 6) is 0.706. The van der Waals surface area contributed by atoms with E-state index in [4.69, 9.17) is 4.74 Å². The average Bonchev–Trinajstić information content (AvgIpc) is 3.04. The fourth-order valence-electron chi connectivity index (χ4n) is 2.56. The van der Waals surface area contributed by atoms with E-state index in [-0.39, 0.29) is 23.5 Å². The molecule has 1 N–H and O–H groups in total. The highest BCUT2D eigenvalue weighted by atomic mass is 32.2. The summed E-state index contributed by atoms with van der Waals surface area (Å²) >= 11 is 1.23. The lowest BCUT2D eigenvalue weighted by atomic mass is 10.2. The Morgan fingerprint density at radius 3 is 2.64 bits per heavy atom. The molecule has 146 valence electrons. The first-order valence-corrected chi connectivity index (χ1v) is 9.72.